The van der Waals surface area contributed by atoms with E-state index in [2.05, 4.69) is 12.6 Å². The van der Waals surface area contributed by atoms with Crippen LogP contribution in [0, 0.1) is 18.8 Å². The van der Waals surface area contributed by atoms with Crippen molar-refractivity contribution in [2.24, 2.45) is 11.8 Å². The predicted molar refractivity (Wildman–Crippen MR) is 106 cm³/mol. The summed E-state index contributed by atoms with van der Waals surface area (Å²) in [6, 6.07) is 7.94. The van der Waals surface area contributed by atoms with Gasteiger partial charge in [0.2, 0.25) is 6.79 Å². The second-order valence-corrected chi connectivity index (χ2v) is 7.63. The third-order valence-corrected chi connectivity index (χ3v) is 6.19. The number of ether oxygens (including phenoxy) is 5. The van der Waals surface area contributed by atoms with Crippen LogP contribution in [0.15, 0.2) is 30.8 Å². The minimum atomic E-state index is -0.340. The molecule has 3 aliphatic rings. The van der Waals surface area contributed by atoms with Crippen LogP contribution in [0.2, 0.25) is 0 Å². The Hall–Kier alpha value is -3.15. The van der Waals surface area contributed by atoms with Crippen LogP contribution < -0.4 is 18.9 Å². The first-order chi connectivity index (χ1) is 14.0. The second kappa shape index (κ2) is 6.44. The Morgan fingerprint density at radius 2 is 1.79 bits per heavy atom. The quantitative estimate of drug-likeness (QED) is 0.740. The molecule has 0 aromatic heterocycles. The van der Waals surface area contributed by atoms with E-state index >= 15 is 0 Å². The van der Waals surface area contributed by atoms with Gasteiger partial charge in [-0.1, -0.05) is 12.6 Å². The van der Waals surface area contributed by atoms with Crippen molar-refractivity contribution in [1.29, 1.82) is 0 Å². The summed E-state index contributed by atoms with van der Waals surface area (Å²) in [5, 5.41) is 0. The van der Waals surface area contributed by atoms with Gasteiger partial charge in [0.1, 0.15) is 0 Å². The van der Waals surface area contributed by atoms with Crippen molar-refractivity contribution < 1.29 is 28.5 Å². The summed E-state index contributed by atoms with van der Waals surface area (Å²) in [5.74, 6) is 1.89. The topological polar surface area (TPSA) is 63.2 Å². The van der Waals surface area contributed by atoms with E-state index in [9.17, 15) is 4.79 Å². The van der Waals surface area contributed by atoms with Crippen molar-refractivity contribution in [2.45, 2.75) is 12.8 Å². The zero-order chi connectivity index (χ0) is 20.3. The number of hydrogen-bond donors (Lipinski definition) is 0. The smallest absolute Gasteiger partial charge is 0.310 e. The average Bonchev–Trinajstić information content (AvgIpc) is 3.33. The second-order valence-electron chi connectivity index (χ2n) is 7.63. The van der Waals surface area contributed by atoms with Crippen molar-refractivity contribution in [3.63, 3.8) is 0 Å². The van der Waals surface area contributed by atoms with E-state index in [1.54, 1.807) is 14.2 Å². The molecule has 0 spiro atoms. The fourth-order valence-corrected chi connectivity index (χ4v) is 4.86. The fraction of sp³-hybridized carbons (Fsp3) is 0.348. The minimum Gasteiger partial charge on any atom is -0.493 e. The molecule has 6 heteroatoms. The number of aryl methyl sites for hydroxylation is 1. The number of benzene rings is 2. The molecular weight excluding hydrogens is 372 g/mol. The molecule has 150 valence electrons. The molecular formula is C23H22O6. The summed E-state index contributed by atoms with van der Waals surface area (Å²) in [7, 11) is 3.23. The van der Waals surface area contributed by atoms with E-state index in [1.165, 1.54) is 0 Å². The summed E-state index contributed by atoms with van der Waals surface area (Å²) >= 11 is 0. The first kappa shape index (κ1) is 17.9. The lowest BCUT2D eigenvalue weighted by Gasteiger charge is -2.35. The molecule has 29 heavy (non-hydrogen) atoms. The molecule has 2 heterocycles. The normalized spacial score (nSPS) is 24.0. The highest BCUT2D eigenvalue weighted by Gasteiger charge is 2.49. The van der Waals surface area contributed by atoms with Gasteiger partial charge in [-0.3, -0.25) is 4.79 Å². The van der Waals surface area contributed by atoms with Gasteiger partial charge in [-0.05, 0) is 52.9 Å². The molecule has 6 nitrogen and oxygen atoms in total. The van der Waals surface area contributed by atoms with Gasteiger partial charge in [0.15, 0.2) is 23.0 Å². The van der Waals surface area contributed by atoms with Gasteiger partial charge < -0.3 is 23.7 Å². The zero-order valence-corrected chi connectivity index (χ0v) is 16.6. The van der Waals surface area contributed by atoms with Crippen LogP contribution in [0.25, 0.3) is 5.57 Å². The van der Waals surface area contributed by atoms with E-state index in [4.69, 9.17) is 23.7 Å². The van der Waals surface area contributed by atoms with Crippen LogP contribution >= 0.6 is 0 Å². The number of fused-ring (bicyclic) bond motifs is 3. The number of carbonyl (C=O) groups is 1. The van der Waals surface area contributed by atoms with E-state index in [0.29, 0.717) is 29.6 Å². The monoisotopic (exact) mass is 394 g/mol. The molecule has 2 aliphatic heterocycles. The maximum Gasteiger partial charge on any atom is 0.310 e. The van der Waals surface area contributed by atoms with Gasteiger partial charge in [0.25, 0.3) is 0 Å². The van der Waals surface area contributed by atoms with Crippen molar-refractivity contribution in [1.82, 2.24) is 0 Å². The lowest BCUT2D eigenvalue weighted by molar-refractivity contribution is -0.141. The molecule has 2 aromatic carbocycles. The molecule has 2 aromatic rings. The Bertz CT molecular complexity index is 1040. The molecule has 1 aliphatic carbocycles. The van der Waals surface area contributed by atoms with Crippen molar-refractivity contribution in [3.05, 3.63) is 53.1 Å². The average molecular weight is 394 g/mol. The Balaban J connectivity index is 1.75. The number of esters is 1. The number of methoxy groups -OCH3 is 2. The third kappa shape index (κ3) is 2.51. The zero-order valence-electron chi connectivity index (χ0n) is 16.6. The van der Waals surface area contributed by atoms with Crippen LogP contribution in [-0.4, -0.2) is 33.6 Å². The standard InChI is InChI=1S/C23H22O6/c1-11-5-13(6-19(25-3)22(11)26-4)20-15-8-18-17(28-10-29-18)7-14(15)12(2)16-9-27-23(24)21(16)20/h5-8,16,20-21H,2,9-10H2,1,3-4H3/t16-,20?,21-/m1/s1. The van der Waals surface area contributed by atoms with Crippen molar-refractivity contribution >= 4 is 11.5 Å². The Morgan fingerprint density at radius 1 is 1.03 bits per heavy atom. The van der Waals surface area contributed by atoms with Crippen molar-refractivity contribution in [2.75, 3.05) is 27.6 Å². The molecule has 0 bridgehead atoms. The Morgan fingerprint density at radius 3 is 2.52 bits per heavy atom. The first-order valence-corrected chi connectivity index (χ1v) is 9.55. The third-order valence-electron chi connectivity index (χ3n) is 6.19. The van der Waals surface area contributed by atoms with Crippen LogP contribution in [0.5, 0.6) is 23.0 Å². The van der Waals surface area contributed by atoms with Crippen molar-refractivity contribution in [3.8, 4) is 23.0 Å². The highest BCUT2D eigenvalue weighted by Crippen LogP contribution is 2.54. The summed E-state index contributed by atoms with van der Waals surface area (Å²) < 4.78 is 27.7. The maximum absolute atomic E-state index is 12.8. The molecule has 3 atom stereocenters. The summed E-state index contributed by atoms with van der Waals surface area (Å²) in [6.45, 7) is 6.80. The van der Waals surface area contributed by atoms with Crippen LogP contribution in [0.4, 0.5) is 0 Å². The maximum atomic E-state index is 12.8. The lowest BCUT2D eigenvalue weighted by atomic mass is 9.65. The SMILES string of the molecule is C=C1c2cc3c(cc2C(c2cc(C)c(OC)c(OC)c2)[C@@H]2C(=O)OC[C@H]12)OCO3. The van der Waals surface area contributed by atoms with Crippen LogP contribution in [0.1, 0.15) is 28.2 Å². The molecule has 0 N–H and O–H groups in total. The van der Waals surface area contributed by atoms with Gasteiger partial charge in [-0.25, -0.2) is 0 Å². The van der Waals surface area contributed by atoms with Gasteiger partial charge in [0.05, 0.1) is 26.7 Å². The highest BCUT2D eigenvalue weighted by molar-refractivity contribution is 5.87. The molecule has 1 unspecified atom stereocenters. The summed E-state index contributed by atoms with van der Waals surface area (Å²) in [6.07, 6.45) is 0. The van der Waals surface area contributed by atoms with E-state index in [0.717, 1.165) is 27.8 Å². The molecule has 5 rings (SSSR count). The lowest BCUT2D eigenvalue weighted by Crippen LogP contribution is -2.30. The van der Waals surface area contributed by atoms with Gasteiger partial charge in [-0.15, -0.1) is 0 Å². The molecule has 0 radical (unpaired) electrons. The summed E-state index contributed by atoms with van der Waals surface area (Å²) in [4.78, 5) is 12.8. The molecule has 0 amide bonds. The number of carbonyl (C=O) groups excluding carboxylic acids is 1. The Labute approximate surface area is 169 Å². The molecule has 1 fully saturated rings. The van der Waals surface area contributed by atoms with Gasteiger partial charge in [-0.2, -0.15) is 0 Å². The predicted octanol–water partition coefficient (Wildman–Crippen LogP) is 3.69. The van der Waals surface area contributed by atoms with Crippen LogP contribution in [-0.2, 0) is 9.53 Å². The highest BCUT2D eigenvalue weighted by atomic mass is 16.7. The summed E-state index contributed by atoms with van der Waals surface area (Å²) in [5.41, 5.74) is 4.80. The molecule has 1 saturated heterocycles. The number of hydrogen-bond acceptors (Lipinski definition) is 6. The fourth-order valence-electron chi connectivity index (χ4n) is 4.86. The molecule has 0 saturated carbocycles. The van der Waals surface area contributed by atoms with Gasteiger partial charge >= 0.3 is 5.97 Å². The number of rotatable bonds is 3. The van der Waals surface area contributed by atoms with E-state index < -0.39 is 0 Å². The van der Waals surface area contributed by atoms with E-state index in [1.807, 2.05) is 25.1 Å². The Kier molecular flexibility index (Phi) is 3.98. The van der Waals surface area contributed by atoms with Gasteiger partial charge in [0, 0.05) is 11.8 Å². The van der Waals surface area contributed by atoms with Crippen LogP contribution in [0.3, 0.4) is 0 Å². The minimum absolute atomic E-state index is 0.0752. The van der Waals surface area contributed by atoms with E-state index in [-0.39, 0.29) is 30.5 Å². The first-order valence-electron chi connectivity index (χ1n) is 9.55. The largest absolute Gasteiger partial charge is 0.493 e. The number of cyclic esters (lactones) is 1.